The molecule has 0 aliphatic carbocycles. The minimum absolute atomic E-state index is 0.426. The van der Waals surface area contributed by atoms with E-state index in [0.717, 1.165) is 49.4 Å². The Labute approximate surface area is 215 Å². The van der Waals surface area contributed by atoms with E-state index < -0.39 is 11.7 Å². The third-order valence-electron chi connectivity index (χ3n) is 6.42. The van der Waals surface area contributed by atoms with Crippen LogP contribution in [0, 0.1) is 11.8 Å². The molecule has 0 radical (unpaired) electrons. The zero-order valence-electron chi connectivity index (χ0n) is 21.4. The van der Waals surface area contributed by atoms with Gasteiger partial charge in [0, 0.05) is 48.9 Å². The van der Waals surface area contributed by atoms with Crippen molar-refractivity contribution in [2.45, 2.75) is 83.5 Å². The Morgan fingerprint density at radius 3 is 2.25 bits per heavy atom. The number of pyridine rings is 1. The molecule has 5 heteroatoms. The summed E-state index contributed by atoms with van der Waals surface area (Å²) in [5.41, 5.74) is 2.63. The van der Waals surface area contributed by atoms with Crippen molar-refractivity contribution in [3.05, 3.63) is 66.1 Å². The summed E-state index contributed by atoms with van der Waals surface area (Å²) in [6.07, 6.45) is 20.3. The zero-order valence-corrected chi connectivity index (χ0v) is 21.4. The van der Waals surface area contributed by atoms with E-state index in [-0.39, 0.29) is 0 Å². The third kappa shape index (κ3) is 9.70. The van der Waals surface area contributed by atoms with Gasteiger partial charge < -0.3 is 10.3 Å². The molecule has 0 unspecified atom stereocenters. The molecule has 5 nitrogen and oxygen atoms in total. The van der Waals surface area contributed by atoms with E-state index >= 15 is 0 Å². The van der Waals surface area contributed by atoms with E-state index in [2.05, 4.69) is 33.2 Å². The minimum atomic E-state index is -0.538. The summed E-state index contributed by atoms with van der Waals surface area (Å²) in [6, 6.07) is 11.7. The molecular weight excluding hydrogens is 446 g/mol. The Morgan fingerprint density at radius 2 is 1.50 bits per heavy atom. The van der Waals surface area contributed by atoms with Gasteiger partial charge >= 0.3 is 0 Å². The Hall–Kier alpha value is -3.39. The second-order valence-electron chi connectivity index (χ2n) is 9.33. The van der Waals surface area contributed by atoms with E-state index in [1.165, 1.54) is 50.5 Å². The Kier molecular flexibility index (Phi) is 12.3. The van der Waals surface area contributed by atoms with Gasteiger partial charge in [-0.25, -0.2) is 0 Å². The summed E-state index contributed by atoms with van der Waals surface area (Å²) in [4.78, 5) is 31.8. The first-order valence-corrected chi connectivity index (χ1v) is 13.5. The number of nitrogens with zero attached hydrogens (tertiary/aromatic N) is 1. The molecule has 0 bridgehead atoms. The summed E-state index contributed by atoms with van der Waals surface area (Å²) >= 11 is 0. The number of aromatic amines is 1. The summed E-state index contributed by atoms with van der Waals surface area (Å²) in [7, 11) is 0. The summed E-state index contributed by atoms with van der Waals surface area (Å²) < 4.78 is 0. The van der Waals surface area contributed by atoms with Gasteiger partial charge in [0.2, 0.25) is 0 Å². The molecule has 0 saturated carbocycles. The smallest absolute Gasteiger partial charge is 0.292 e. The first-order valence-electron chi connectivity index (χ1n) is 13.5. The second kappa shape index (κ2) is 16.3. The molecule has 0 saturated heterocycles. The number of fused-ring (bicyclic) bond motifs is 1. The number of hydrogen-bond donors (Lipinski definition) is 2. The number of H-pyrrole nitrogens is 1. The maximum atomic E-state index is 12.4. The maximum Gasteiger partial charge on any atom is 0.292 e. The number of aromatic nitrogens is 2. The van der Waals surface area contributed by atoms with Crippen molar-refractivity contribution in [2.75, 3.05) is 6.54 Å². The average molecular weight is 486 g/mol. The molecule has 1 aromatic carbocycles. The lowest BCUT2D eigenvalue weighted by atomic mass is 10.1. The molecular formula is C31H39N3O2. The van der Waals surface area contributed by atoms with Crippen LogP contribution in [0.2, 0.25) is 0 Å². The van der Waals surface area contributed by atoms with Gasteiger partial charge in [-0.15, -0.1) is 11.8 Å². The Balaban J connectivity index is 1.11. The number of carbonyl (C=O) groups excluding carboxylic acids is 2. The number of Topliss-reactive ketones (excluding diaryl/α,β-unsaturated/α-hetero) is 1. The van der Waals surface area contributed by atoms with Gasteiger partial charge in [0.05, 0.1) is 5.56 Å². The lowest BCUT2D eigenvalue weighted by Gasteiger charge is -2.03. The first-order chi connectivity index (χ1) is 17.8. The number of para-hydroxylation sites is 1. The molecule has 0 atom stereocenters. The van der Waals surface area contributed by atoms with E-state index in [1.807, 2.05) is 42.7 Å². The number of benzene rings is 1. The number of rotatable bonds is 16. The molecule has 2 heterocycles. The largest absolute Gasteiger partial charge is 0.360 e. The lowest BCUT2D eigenvalue weighted by Crippen LogP contribution is -2.31. The van der Waals surface area contributed by atoms with Crippen LogP contribution in [-0.4, -0.2) is 28.2 Å². The summed E-state index contributed by atoms with van der Waals surface area (Å²) in [5, 5.41) is 3.53. The Morgan fingerprint density at radius 1 is 0.806 bits per heavy atom. The predicted molar refractivity (Wildman–Crippen MR) is 147 cm³/mol. The topological polar surface area (TPSA) is 74.8 Å². The number of hydrogen-bond acceptors (Lipinski definition) is 3. The third-order valence-corrected chi connectivity index (χ3v) is 6.42. The normalized spacial score (nSPS) is 10.7. The predicted octanol–water partition coefficient (Wildman–Crippen LogP) is 6.79. The van der Waals surface area contributed by atoms with E-state index in [4.69, 9.17) is 0 Å². The monoisotopic (exact) mass is 485 g/mol. The SMILES string of the molecule is O=C(NCCCCCC#CCCCCCCCCCc1cccnc1)C(=O)c1c[nH]c2ccccc12. The second-order valence-corrected chi connectivity index (χ2v) is 9.33. The van der Waals surface area contributed by atoms with Gasteiger partial charge in [-0.2, -0.15) is 0 Å². The van der Waals surface area contributed by atoms with E-state index in [9.17, 15) is 9.59 Å². The van der Waals surface area contributed by atoms with Crippen LogP contribution in [0.5, 0.6) is 0 Å². The van der Waals surface area contributed by atoms with Gasteiger partial charge in [-0.05, 0) is 49.8 Å². The summed E-state index contributed by atoms with van der Waals surface area (Å²) in [6.45, 7) is 0.518. The number of unbranched alkanes of at least 4 members (excludes halogenated alkanes) is 10. The van der Waals surface area contributed by atoms with Gasteiger partial charge in [0.1, 0.15) is 0 Å². The molecule has 3 aromatic rings. The minimum Gasteiger partial charge on any atom is -0.360 e. The van der Waals surface area contributed by atoms with Crippen molar-refractivity contribution in [3.63, 3.8) is 0 Å². The highest BCUT2D eigenvalue weighted by atomic mass is 16.2. The molecule has 0 fully saturated rings. The van der Waals surface area contributed by atoms with Gasteiger partial charge in [-0.3, -0.25) is 14.6 Å². The molecule has 1 amide bonds. The first kappa shape index (κ1) is 27.2. The highest BCUT2D eigenvalue weighted by Crippen LogP contribution is 2.18. The maximum absolute atomic E-state index is 12.4. The molecule has 2 N–H and O–H groups in total. The summed E-state index contributed by atoms with van der Waals surface area (Å²) in [5.74, 6) is 5.54. The molecule has 0 spiro atoms. The zero-order chi connectivity index (χ0) is 25.3. The molecule has 2 aromatic heterocycles. The molecule has 0 aliphatic rings. The molecule has 36 heavy (non-hydrogen) atoms. The molecule has 0 aliphatic heterocycles. The van der Waals surface area contributed by atoms with Crippen LogP contribution in [0.15, 0.2) is 55.0 Å². The lowest BCUT2D eigenvalue weighted by molar-refractivity contribution is -0.117. The van der Waals surface area contributed by atoms with Crippen LogP contribution >= 0.6 is 0 Å². The number of nitrogens with one attached hydrogen (secondary N) is 2. The number of aryl methyl sites for hydroxylation is 1. The van der Waals surface area contributed by atoms with Gasteiger partial charge in [0.25, 0.3) is 11.7 Å². The van der Waals surface area contributed by atoms with E-state index in [0.29, 0.717) is 12.1 Å². The fraction of sp³-hybridized carbons (Fsp3) is 0.452. The van der Waals surface area contributed by atoms with Crippen molar-refractivity contribution in [1.29, 1.82) is 0 Å². The van der Waals surface area contributed by atoms with Gasteiger partial charge in [0.15, 0.2) is 0 Å². The van der Waals surface area contributed by atoms with Crippen molar-refractivity contribution in [1.82, 2.24) is 15.3 Å². The van der Waals surface area contributed by atoms with Crippen molar-refractivity contribution in [3.8, 4) is 11.8 Å². The average Bonchev–Trinajstić information content (AvgIpc) is 3.34. The molecule has 190 valence electrons. The van der Waals surface area contributed by atoms with Crippen LogP contribution in [0.25, 0.3) is 10.9 Å². The van der Waals surface area contributed by atoms with E-state index in [1.54, 1.807) is 6.20 Å². The molecule has 3 rings (SSSR count). The highest BCUT2D eigenvalue weighted by molar-refractivity contribution is 6.44. The number of ketones is 1. The van der Waals surface area contributed by atoms with Gasteiger partial charge in [-0.1, -0.05) is 62.8 Å². The van der Waals surface area contributed by atoms with Crippen LogP contribution in [0.4, 0.5) is 0 Å². The fourth-order valence-corrected chi connectivity index (χ4v) is 4.33. The van der Waals surface area contributed by atoms with Crippen molar-refractivity contribution >= 4 is 22.6 Å². The van der Waals surface area contributed by atoms with Crippen molar-refractivity contribution in [2.24, 2.45) is 0 Å². The van der Waals surface area contributed by atoms with Crippen LogP contribution < -0.4 is 5.32 Å². The number of carbonyl (C=O) groups is 2. The standard InChI is InChI=1S/C31H39N3O2/c35-30(28-25-34-29-21-15-14-20-27(28)29)31(36)33-23-16-12-10-8-6-4-2-1-3-5-7-9-11-13-18-26-19-17-22-32-24-26/h14-15,17,19-22,24-25,34H,1-3,5,7-13,16,18,23H2,(H,33,36). The Bertz CT molecular complexity index is 1120. The van der Waals surface area contributed by atoms with Crippen molar-refractivity contribution < 1.29 is 9.59 Å². The van der Waals surface area contributed by atoms with Crippen LogP contribution in [-0.2, 0) is 11.2 Å². The van der Waals surface area contributed by atoms with Crippen LogP contribution in [0.1, 0.15) is 93.0 Å². The van der Waals surface area contributed by atoms with Crippen LogP contribution in [0.3, 0.4) is 0 Å². The number of amides is 1. The quantitative estimate of drug-likeness (QED) is 0.102. The fourth-order valence-electron chi connectivity index (χ4n) is 4.33. The highest BCUT2D eigenvalue weighted by Gasteiger charge is 2.19.